The molecule has 0 aliphatic heterocycles. The van der Waals surface area contributed by atoms with Crippen molar-refractivity contribution in [2.75, 3.05) is 13.6 Å². The molecular formula is C14H19NO5S. The van der Waals surface area contributed by atoms with Crippen LogP contribution in [0.1, 0.15) is 28.8 Å². The summed E-state index contributed by atoms with van der Waals surface area (Å²) in [5.41, 5.74) is 0.231. The number of benzene rings is 1. The maximum absolute atomic E-state index is 12.6. The van der Waals surface area contributed by atoms with E-state index in [1.165, 1.54) is 36.5 Å². The van der Waals surface area contributed by atoms with Gasteiger partial charge in [0.05, 0.1) is 16.6 Å². The summed E-state index contributed by atoms with van der Waals surface area (Å²) in [5, 5.41) is 18.3. The third-order valence-electron chi connectivity index (χ3n) is 3.93. The quantitative estimate of drug-likeness (QED) is 0.848. The molecule has 0 bridgehead atoms. The summed E-state index contributed by atoms with van der Waals surface area (Å²) in [7, 11) is -2.25. The second-order valence-electron chi connectivity index (χ2n) is 5.51. The van der Waals surface area contributed by atoms with Crippen LogP contribution in [0, 0.1) is 12.8 Å². The number of sulfonamides is 1. The monoisotopic (exact) mass is 313 g/mol. The predicted molar refractivity (Wildman–Crippen MR) is 76.7 cm³/mol. The molecule has 6 nitrogen and oxygen atoms in total. The number of hydrogen-bond acceptors (Lipinski definition) is 4. The van der Waals surface area contributed by atoms with Gasteiger partial charge >= 0.3 is 5.97 Å². The lowest BCUT2D eigenvalue weighted by molar-refractivity contribution is 0.0367. The van der Waals surface area contributed by atoms with Gasteiger partial charge < -0.3 is 10.2 Å². The third-order valence-corrected chi connectivity index (χ3v) is 5.90. The van der Waals surface area contributed by atoms with Gasteiger partial charge in [-0.05, 0) is 43.4 Å². The Balaban J connectivity index is 2.27. The van der Waals surface area contributed by atoms with Crippen molar-refractivity contribution in [1.82, 2.24) is 4.31 Å². The molecule has 1 aliphatic carbocycles. The minimum absolute atomic E-state index is 0.0106. The van der Waals surface area contributed by atoms with Crippen molar-refractivity contribution >= 4 is 16.0 Å². The molecule has 1 aliphatic rings. The smallest absolute Gasteiger partial charge is 0.335 e. The first-order valence-corrected chi connectivity index (χ1v) is 8.14. The van der Waals surface area contributed by atoms with E-state index in [-0.39, 0.29) is 28.0 Å². The van der Waals surface area contributed by atoms with Crippen LogP contribution in [-0.4, -0.2) is 48.6 Å². The lowest BCUT2D eigenvalue weighted by Crippen LogP contribution is -2.39. The molecule has 1 fully saturated rings. The van der Waals surface area contributed by atoms with Crippen LogP contribution >= 0.6 is 0 Å². The molecule has 0 heterocycles. The third kappa shape index (κ3) is 3.09. The zero-order valence-corrected chi connectivity index (χ0v) is 12.8. The molecule has 1 aromatic carbocycles. The number of nitrogens with zero attached hydrogens (tertiary/aromatic N) is 1. The van der Waals surface area contributed by atoms with Crippen LogP contribution in [0.2, 0.25) is 0 Å². The Labute approximate surface area is 124 Å². The fourth-order valence-corrected chi connectivity index (χ4v) is 4.10. The maximum Gasteiger partial charge on any atom is 0.335 e. The molecule has 0 atom stereocenters. The SMILES string of the molecule is Cc1c(C(=O)O)cccc1S(=O)(=O)N(C)CC1CC(O)C1. The highest BCUT2D eigenvalue weighted by molar-refractivity contribution is 7.89. The Morgan fingerprint density at radius 3 is 2.52 bits per heavy atom. The highest BCUT2D eigenvalue weighted by Gasteiger charge is 2.32. The van der Waals surface area contributed by atoms with Crippen molar-refractivity contribution in [3.8, 4) is 0 Å². The number of carboxylic acid groups (broad SMARTS) is 1. The summed E-state index contributed by atoms with van der Waals surface area (Å²) in [6.45, 7) is 1.83. The molecule has 0 saturated heterocycles. The van der Waals surface area contributed by atoms with Gasteiger partial charge in [-0.2, -0.15) is 0 Å². The van der Waals surface area contributed by atoms with Crippen LogP contribution in [0.25, 0.3) is 0 Å². The number of hydrogen-bond donors (Lipinski definition) is 2. The average molecular weight is 313 g/mol. The van der Waals surface area contributed by atoms with E-state index in [4.69, 9.17) is 5.11 Å². The second-order valence-corrected chi connectivity index (χ2v) is 7.52. The molecule has 1 saturated carbocycles. The first-order valence-electron chi connectivity index (χ1n) is 6.70. The molecular weight excluding hydrogens is 294 g/mol. The first kappa shape index (κ1) is 15.9. The van der Waals surface area contributed by atoms with Crippen molar-refractivity contribution in [2.45, 2.75) is 30.8 Å². The number of aliphatic hydroxyl groups excluding tert-OH is 1. The van der Waals surface area contributed by atoms with Gasteiger partial charge in [-0.1, -0.05) is 6.07 Å². The molecule has 7 heteroatoms. The van der Waals surface area contributed by atoms with Gasteiger partial charge in [0, 0.05) is 13.6 Å². The zero-order valence-electron chi connectivity index (χ0n) is 12.0. The standard InChI is InChI=1S/C14H19NO5S/c1-9-12(14(17)18)4-3-5-13(9)21(19,20)15(2)8-10-6-11(16)7-10/h3-5,10-11,16H,6-8H2,1-2H3,(H,17,18). The van der Waals surface area contributed by atoms with E-state index in [9.17, 15) is 18.3 Å². The molecule has 21 heavy (non-hydrogen) atoms. The minimum atomic E-state index is -3.73. The van der Waals surface area contributed by atoms with Crippen LogP contribution in [0.5, 0.6) is 0 Å². The fraction of sp³-hybridized carbons (Fsp3) is 0.500. The van der Waals surface area contributed by atoms with E-state index >= 15 is 0 Å². The number of rotatable bonds is 5. The van der Waals surface area contributed by atoms with Crippen molar-refractivity contribution in [2.24, 2.45) is 5.92 Å². The molecule has 0 amide bonds. The lowest BCUT2D eigenvalue weighted by Gasteiger charge is -2.34. The van der Waals surface area contributed by atoms with E-state index in [2.05, 4.69) is 0 Å². The number of aromatic carboxylic acids is 1. The van der Waals surface area contributed by atoms with Crippen molar-refractivity contribution in [3.63, 3.8) is 0 Å². The van der Waals surface area contributed by atoms with Gasteiger partial charge in [-0.3, -0.25) is 0 Å². The Kier molecular flexibility index (Phi) is 4.36. The van der Waals surface area contributed by atoms with E-state index in [0.29, 0.717) is 19.4 Å². The van der Waals surface area contributed by atoms with Crippen molar-refractivity contribution < 1.29 is 23.4 Å². The molecule has 1 aromatic rings. The van der Waals surface area contributed by atoms with E-state index in [0.717, 1.165) is 0 Å². The van der Waals surface area contributed by atoms with Crippen LogP contribution < -0.4 is 0 Å². The van der Waals surface area contributed by atoms with Gasteiger partial charge in [-0.15, -0.1) is 0 Å². The minimum Gasteiger partial charge on any atom is -0.478 e. The van der Waals surface area contributed by atoms with Gasteiger partial charge in [-0.25, -0.2) is 17.5 Å². The molecule has 2 N–H and O–H groups in total. The highest BCUT2D eigenvalue weighted by Crippen LogP contribution is 2.30. The normalized spacial score (nSPS) is 22.1. The van der Waals surface area contributed by atoms with Crippen LogP contribution in [-0.2, 0) is 10.0 Å². The predicted octanol–water partition coefficient (Wildman–Crippen LogP) is 1.08. The fourth-order valence-electron chi connectivity index (χ4n) is 2.60. The molecule has 0 radical (unpaired) electrons. The topological polar surface area (TPSA) is 94.9 Å². The summed E-state index contributed by atoms with van der Waals surface area (Å²) < 4.78 is 26.3. The zero-order chi connectivity index (χ0) is 15.8. The summed E-state index contributed by atoms with van der Waals surface area (Å²) in [5.74, 6) is -0.989. The van der Waals surface area contributed by atoms with E-state index in [1.807, 2.05) is 0 Å². The van der Waals surface area contributed by atoms with Gasteiger partial charge in [0.15, 0.2) is 0 Å². The summed E-state index contributed by atoms with van der Waals surface area (Å²) >= 11 is 0. The van der Waals surface area contributed by atoms with Gasteiger partial charge in [0.2, 0.25) is 10.0 Å². The molecule has 0 unspecified atom stereocenters. The summed E-state index contributed by atoms with van der Waals surface area (Å²) in [6.07, 6.45) is 0.880. The van der Waals surface area contributed by atoms with Crippen molar-refractivity contribution in [1.29, 1.82) is 0 Å². The number of carbonyl (C=O) groups is 1. The second kappa shape index (κ2) is 5.75. The highest BCUT2D eigenvalue weighted by atomic mass is 32.2. The maximum atomic E-state index is 12.6. The first-order chi connectivity index (χ1) is 9.73. The summed E-state index contributed by atoms with van der Waals surface area (Å²) in [4.78, 5) is 11.1. The average Bonchev–Trinajstić information content (AvgIpc) is 2.36. The van der Waals surface area contributed by atoms with Crippen molar-refractivity contribution in [3.05, 3.63) is 29.3 Å². The largest absolute Gasteiger partial charge is 0.478 e. The number of carboxylic acids is 1. The Bertz CT molecular complexity index is 649. The summed E-state index contributed by atoms with van der Waals surface area (Å²) in [6, 6.07) is 4.24. The molecule has 0 aromatic heterocycles. The Hall–Kier alpha value is -1.44. The van der Waals surface area contributed by atoms with Crippen LogP contribution in [0.15, 0.2) is 23.1 Å². The number of aliphatic hydroxyl groups is 1. The van der Waals surface area contributed by atoms with Crippen LogP contribution in [0.3, 0.4) is 0 Å². The van der Waals surface area contributed by atoms with E-state index in [1.54, 1.807) is 0 Å². The molecule has 0 spiro atoms. The Morgan fingerprint density at radius 2 is 2.00 bits per heavy atom. The van der Waals surface area contributed by atoms with E-state index < -0.39 is 16.0 Å². The lowest BCUT2D eigenvalue weighted by atomic mass is 9.82. The van der Waals surface area contributed by atoms with Crippen LogP contribution in [0.4, 0.5) is 0 Å². The Morgan fingerprint density at radius 1 is 1.38 bits per heavy atom. The molecule has 2 rings (SSSR count). The molecule has 116 valence electrons. The van der Waals surface area contributed by atoms with Gasteiger partial charge in [0.25, 0.3) is 0 Å². The van der Waals surface area contributed by atoms with Gasteiger partial charge in [0.1, 0.15) is 0 Å².